The number of ether oxygens (including phenoxy) is 1. The lowest BCUT2D eigenvalue weighted by Gasteiger charge is -2.41. The molecule has 366 valence electrons. The van der Waals surface area contributed by atoms with Crippen LogP contribution in [-0.2, 0) is 32.9 Å². The van der Waals surface area contributed by atoms with Crippen LogP contribution in [0.2, 0.25) is 10.0 Å². The third kappa shape index (κ3) is 6.90. The van der Waals surface area contributed by atoms with Crippen LogP contribution in [0, 0.1) is 5.92 Å². The molecule has 9 atom stereocenters. The maximum absolute atomic E-state index is 15.3. The molecular weight excluding hydrogens is 944 g/mol. The first-order valence-electron chi connectivity index (χ1n) is 24.1. The quantitative estimate of drug-likeness (QED) is 0.179. The van der Waals surface area contributed by atoms with Crippen LogP contribution < -0.4 is 26.7 Å². The van der Waals surface area contributed by atoms with E-state index in [2.05, 4.69) is 30.3 Å². The van der Waals surface area contributed by atoms with Crippen LogP contribution in [0.4, 0.5) is 20.7 Å². The number of aromatic amines is 1. The van der Waals surface area contributed by atoms with Gasteiger partial charge in [-0.2, -0.15) is 30.4 Å². The van der Waals surface area contributed by atoms with Crippen LogP contribution in [0.5, 0.6) is 0 Å². The van der Waals surface area contributed by atoms with E-state index in [4.69, 9.17) is 43.8 Å². The van der Waals surface area contributed by atoms with Gasteiger partial charge >= 0.3 is 0 Å². The van der Waals surface area contributed by atoms with Gasteiger partial charge in [-0.3, -0.25) is 33.2 Å². The minimum Gasteiger partial charge on any atom is -0.356 e. The van der Waals surface area contributed by atoms with E-state index in [0.29, 0.717) is 80.3 Å². The van der Waals surface area contributed by atoms with Gasteiger partial charge < -0.3 is 20.3 Å². The first-order valence-corrected chi connectivity index (χ1v) is 24.8. The Morgan fingerprint density at radius 1 is 0.729 bits per heavy atom. The number of benzene rings is 2. The van der Waals surface area contributed by atoms with Crippen molar-refractivity contribution in [2.75, 3.05) is 16.4 Å². The molecule has 2 aromatic carbocycles. The van der Waals surface area contributed by atoms with Gasteiger partial charge in [0.15, 0.2) is 17.5 Å². The molecule has 1 unspecified atom stereocenters. The number of halogens is 4. The summed E-state index contributed by atoms with van der Waals surface area (Å²) in [7, 11) is 7.05. The van der Waals surface area contributed by atoms with Gasteiger partial charge in [0.05, 0.1) is 38.9 Å². The number of nitrogens with zero attached hydrogens (tertiary/aromatic N) is 13. The van der Waals surface area contributed by atoms with Crippen molar-refractivity contribution >= 4 is 79.0 Å². The second-order valence-corrected chi connectivity index (χ2v) is 20.7. The summed E-state index contributed by atoms with van der Waals surface area (Å²) in [5.41, 5.74) is 10.1. The highest BCUT2D eigenvalue weighted by Crippen LogP contribution is 2.45. The van der Waals surface area contributed by atoms with E-state index in [0.717, 1.165) is 66.8 Å². The fourth-order valence-corrected chi connectivity index (χ4v) is 12.7. The number of anilines is 2. The Morgan fingerprint density at radius 3 is 1.99 bits per heavy atom. The van der Waals surface area contributed by atoms with Crippen molar-refractivity contribution in [3.8, 4) is 22.5 Å². The monoisotopic (exact) mass is 995 g/mol. The van der Waals surface area contributed by atoms with Crippen molar-refractivity contribution in [1.29, 1.82) is 0 Å². The van der Waals surface area contributed by atoms with E-state index in [1.165, 1.54) is 4.57 Å². The van der Waals surface area contributed by atoms with E-state index >= 15 is 4.39 Å². The number of hydrogen-bond acceptors (Lipinski definition) is 12. The normalized spacial score (nSPS) is 26.6. The number of aryl methyl sites for hydroxylation is 2. The highest BCUT2D eigenvalue weighted by Gasteiger charge is 2.49. The Labute approximate surface area is 409 Å². The van der Waals surface area contributed by atoms with Crippen LogP contribution in [0.25, 0.3) is 66.4 Å². The van der Waals surface area contributed by atoms with Gasteiger partial charge in [0.2, 0.25) is 11.9 Å². The molecule has 0 spiro atoms. The molecule has 5 saturated heterocycles. The van der Waals surface area contributed by atoms with Gasteiger partial charge in [-0.05, 0) is 88.0 Å². The predicted octanol–water partition coefficient (Wildman–Crippen LogP) is 7.02. The molecule has 0 saturated carbocycles. The van der Waals surface area contributed by atoms with E-state index in [-0.39, 0.29) is 53.1 Å². The third-order valence-corrected chi connectivity index (χ3v) is 16.4. The molecule has 5 aliphatic heterocycles. The first kappa shape index (κ1) is 45.2. The molecule has 0 aliphatic carbocycles. The summed E-state index contributed by atoms with van der Waals surface area (Å²) in [5.74, 6) is 0.931. The fourth-order valence-electron chi connectivity index (χ4n) is 12.1. The molecule has 70 heavy (non-hydrogen) atoms. The largest absolute Gasteiger partial charge is 0.356 e. The zero-order valence-corrected chi connectivity index (χ0v) is 40.9. The van der Waals surface area contributed by atoms with Crippen molar-refractivity contribution < 1.29 is 13.5 Å². The van der Waals surface area contributed by atoms with Crippen LogP contribution in [0.1, 0.15) is 70.9 Å². The summed E-state index contributed by atoms with van der Waals surface area (Å²) in [6.07, 6.45) is 8.50. The Kier molecular flexibility index (Phi) is 10.9. The van der Waals surface area contributed by atoms with Crippen LogP contribution in [-0.4, -0.2) is 108 Å². The predicted molar refractivity (Wildman–Crippen MR) is 265 cm³/mol. The maximum atomic E-state index is 15.3. The molecule has 5 aliphatic rings. The first-order chi connectivity index (χ1) is 33.7. The number of piperidine rings is 2. The average molecular weight is 997 g/mol. The Balaban J connectivity index is 0.000000146. The number of fused-ring (bicyclic) bond motifs is 8. The van der Waals surface area contributed by atoms with Gasteiger partial charge in [-0.25, -0.2) is 13.5 Å². The van der Waals surface area contributed by atoms with Crippen molar-refractivity contribution in [1.82, 2.24) is 58.6 Å². The summed E-state index contributed by atoms with van der Waals surface area (Å²) in [6, 6.07) is 6.52. The van der Waals surface area contributed by atoms with Crippen LogP contribution in [0.15, 0.2) is 46.2 Å². The van der Waals surface area contributed by atoms with E-state index < -0.39 is 18.4 Å². The number of alkyl halides is 2. The highest BCUT2D eigenvalue weighted by molar-refractivity contribution is 6.39. The molecule has 8 aromatic rings. The number of rotatable bonds is 5. The number of hydrogen-bond donors (Lipinski definition) is 2. The Morgan fingerprint density at radius 2 is 1.33 bits per heavy atom. The van der Waals surface area contributed by atoms with E-state index in [1.54, 1.807) is 32.7 Å². The molecular formula is C48H53Cl2F2N15O3. The SMILES string of the molecule is C[C@H]1C[C@H]2CC[C@@H]([C@@H]1F)N2c1nc2c(c(-c3ccc4nn(C)cc4c3Cl)nn2C2CCCCO2)c(=O)n1C.Cn1cc2c(Cl)c(-c3[nH]nc4nc(N5[C@@H]6CC[C@H]5[C@H](F)[C@@H](N)C6)n(C)c(=O)c34)ccc2n1. The van der Waals surface area contributed by atoms with Gasteiger partial charge in [0, 0.05) is 87.2 Å². The lowest BCUT2D eigenvalue weighted by atomic mass is 9.91. The zero-order chi connectivity index (χ0) is 48.6. The maximum Gasteiger partial charge on any atom is 0.266 e. The number of H-pyrrole nitrogens is 1. The lowest BCUT2D eigenvalue weighted by molar-refractivity contribution is -0.0368. The Hall–Kier alpha value is -5.96. The topological polar surface area (TPSA) is 194 Å². The summed E-state index contributed by atoms with van der Waals surface area (Å²) < 4.78 is 44.4. The van der Waals surface area contributed by atoms with Gasteiger partial charge in [0.1, 0.15) is 28.8 Å². The van der Waals surface area contributed by atoms with Crippen molar-refractivity contribution in [2.24, 2.45) is 39.8 Å². The fraction of sp³-hybridized carbons (Fsp3) is 0.500. The molecule has 11 heterocycles. The minimum absolute atomic E-state index is 0.00168. The molecule has 0 amide bonds. The number of nitrogens with two attached hydrogens (primary N) is 1. The van der Waals surface area contributed by atoms with E-state index in [1.807, 2.05) is 62.6 Å². The summed E-state index contributed by atoms with van der Waals surface area (Å²) in [5, 5.41) is 24.3. The van der Waals surface area contributed by atoms with Crippen LogP contribution >= 0.6 is 23.2 Å². The number of aromatic nitrogens is 12. The van der Waals surface area contributed by atoms with Crippen molar-refractivity contribution in [2.45, 2.75) is 113 Å². The molecule has 13 rings (SSSR count). The minimum atomic E-state index is -1.15. The molecule has 0 radical (unpaired) electrons. The molecule has 6 aromatic heterocycles. The second kappa shape index (κ2) is 16.8. The Bertz CT molecular complexity index is 3520. The zero-order valence-electron chi connectivity index (χ0n) is 39.4. The standard InChI is InChI=1S/C27H31ClFN7O2.C21H22ClFN8O/c1-14-12-15-7-10-19(23(14)29)35(15)27-30-25-21(26(37)34(27)3)24(32-36(25)20-6-4-5-11-38-20)16-8-9-18-17(22(16)28)13-33(2)31-18;1-29-8-11-13(28-29)5-4-10(16(11)22)18-15-19(27-26-18)25-21(30(2)20(15)32)31-9-3-6-14(31)17(23)12(24)7-9/h8-9,13-15,19-20,23H,4-7,10-12H2,1-3H3;4-5,8-9,12,14,17H,3,6-7,24H2,1-2H3,(H,26,27)/t14-,15+,19-,20?,23+;9-,12+,14+,17-/m01/s1. The molecule has 4 bridgehead atoms. The molecule has 3 N–H and O–H groups in total. The van der Waals surface area contributed by atoms with Gasteiger partial charge in [0.25, 0.3) is 11.1 Å². The van der Waals surface area contributed by atoms with Crippen molar-refractivity contribution in [3.63, 3.8) is 0 Å². The lowest BCUT2D eigenvalue weighted by Crippen LogP contribution is -2.56. The molecule has 18 nitrogen and oxygen atoms in total. The summed E-state index contributed by atoms with van der Waals surface area (Å²) in [6.45, 7) is 2.60. The van der Waals surface area contributed by atoms with Crippen molar-refractivity contribution in [3.05, 3.63) is 67.4 Å². The summed E-state index contributed by atoms with van der Waals surface area (Å²) in [4.78, 5) is 41.3. The summed E-state index contributed by atoms with van der Waals surface area (Å²) >= 11 is 13.6. The smallest absolute Gasteiger partial charge is 0.266 e. The van der Waals surface area contributed by atoms with Crippen LogP contribution in [0.3, 0.4) is 0 Å². The number of nitrogens with one attached hydrogen (secondary N) is 1. The highest BCUT2D eigenvalue weighted by atomic mass is 35.5. The molecule has 5 fully saturated rings. The average Bonchev–Trinajstić information content (AvgIpc) is 4.21. The molecule has 22 heteroatoms. The van der Waals surface area contributed by atoms with Gasteiger partial charge in [-0.1, -0.05) is 30.1 Å². The third-order valence-electron chi connectivity index (χ3n) is 15.5. The van der Waals surface area contributed by atoms with E-state index in [9.17, 15) is 14.0 Å². The van der Waals surface area contributed by atoms with Gasteiger partial charge in [-0.15, -0.1) is 0 Å². The second-order valence-electron chi connectivity index (χ2n) is 19.9.